The standard InChI is InChI=1S/C8H9NO2.C7H7NO3.C7H6O3/c9-7-3-1-6(2-4-7)5-8(10)11;8-5-2-1-4(7(10)11)3-6(5)9;8-6-3-1-5(2-4-6)7(9)10/h1-4H,5,9H2,(H,10,11);1-3,9H,8H2,(H,10,11);1-4,8H,(H,9,10). The highest BCUT2D eigenvalue weighted by Crippen LogP contribution is 2.20. The molecule has 168 valence electrons. The van der Waals surface area contributed by atoms with Crippen LogP contribution in [0.15, 0.2) is 66.7 Å². The molecule has 0 aromatic heterocycles. The van der Waals surface area contributed by atoms with E-state index in [0.29, 0.717) is 5.69 Å². The van der Waals surface area contributed by atoms with Gasteiger partial charge in [-0.1, -0.05) is 12.1 Å². The van der Waals surface area contributed by atoms with Gasteiger partial charge < -0.3 is 37.0 Å². The van der Waals surface area contributed by atoms with Crippen LogP contribution in [0.3, 0.4) is 0 Å². The lowest BCUT2D eigenvalue weighted by molar-refractivity contribution is -0.136. The third kappa shape index (κ3) is 9.18. The van der Waals surface area contributed by atoms with Crippen LogP contribution in [-0.2, 0) is 11.2 Å². The van der Waals surface area contributed by atoms with Gasteiger partial charge >= 0.3 is 17.9 Å². The molecule has 0 amide bonds. The first kappa shape index (κ1) is 25.3. The van der Waals surface area contributed by atoms with E-state index in [2.05, 4.69) is 0 Å². The first-order valence-electron chi connectivity index (χ1n) is 8.90. The van der Waals surface area contributed by atoms with Gasteiger partial charge in [-0.2, -0.15) is 0 Å². The van der Waals surface area contributed by atoms with Crippen molar-refractivity contribution in [2.45, 2.75) is 6.42 Å². The maximum absolute atomic E-state index is 10.3. The summed E-state index contributed by atoms with van der Waals surface area (Å²) in [5.41, 5.74) is 12.5. The number of benzene rings is 3. The van der Waals surface area contributed by atoms with Crippen LogP contribution >= 0.6 is 0 Å². The lowest BCUT2D eigenvalue weighted by Gasteiger charge is -1.98. The number of hydrogen-bond donors (Lipinski definition) is 7. The maximum Gasteiger partial charge on any atom is 0.335 e. The molecule has 0 bridgehead atoms. The lowest BCUT2D eigenvalue weighted by Crippen LogP contribution is -1.99. The van der Waals surface area contributed by atoms with Crippen LogP contribution in [0.4, 0.5) is 11.4 Å². The summed E-state index contributed by atoms with van der Waals surface area (Å²) in [5, 5.41) is 43.0. The fourth-order valence-electron chi connectivity index (χ4n) is 2.09. The molecular weight excluding hydrogens is 420 g/mol. The number of phenolic OH excluding ortho intramolecular Hbond substituents is 2. The zero-order chi connectivity index (χ0) is 24.3. The predicted molar refractivity (Wildman–Crippen MR) is 117 cm³/mol. The number of phenols is 2. The summed E-state index contributed by atoms with van der Waals surface area (Å²) >= 11 is 0. The molecule has 0 heterocycles. The molecule has 0 spiro atoms. The van der Waals surface area contributed by atoms with Gasteiger partial charge in [-0.15, -0.1) is 0 Å². The van der Waals surface area contributed by atoms with Crippen LogP contribution < -0.4 is 11.5 Å². The molecule has 32 heavy (non-hydrogen) atoms. The van der Waals surface area contributed by atoms with E-state index in [1.54, 1.807) is 24.3 Å². The van der Waals surface area contributed by atoms with Crippen molar-refractivity contribution in [3.8, 4) is 11.5 Å². The summed E-state index contributed by atoms with van der Waals surface area (Å²) in [6.07, 6.45) is 0.0558. The Kier molecular flexibility index (Phi) is 9.55. The number of nitrogen functional groups attached to an aromatic ring is 2. The smallest absolute Gasteiger partial charge is 0.335 e. The van der Waals surface area contributed by atoms with Crippen LogP contribution in [0.5, 0.6) is 11.5 Å². The normalized spacial score (nSPS) is 9.38. The van der Waals surface area contributed by atoms with Crippen molar-refractivity contribution in [2.24, 2.45) is 0 Å². The second-order valence-electron chi connectivity index (χ2n) is 6.24. The number of aliphatic carboxylic acids is 1. The number of rotatable bonds is 4. The fourth-order valence-corrected chi connectivity index (χ4v) is 2.09. The molecule has 0 aliphatic rings. The Labute approximate surface area is 182 Å². The number of anilines is 2. The Morgan fingerprint density at radius 1 is 0.688 bits per heavy atom. The molecule has 0 radical (unpaired) electrons. The van der Waals surface area contributed by atoms with Gasteiger partial charge in [0.15, 0.2) is 0 Å². The monoisotopic (exact) mass is 442 g/mol. The zero-order valence-electron chi connectivity index (χ0n) is 16.7. The number of hydrogen-bond acceptors (Lipinski definition) is 7. The highest BCUT2D eigenvalue weighted by molar-refractivity contribution is 5.89. The number of carboxylic acids is 3. The summed E-state index contributed by atoms with van der Waals surface area (Å²) in [6.45, 7) is 0. The van der Waals surface area contributed by atoms with Gasteiger partial charge in [-0.25, -0.2) is 9.59 Å². The molecule has 10 heteroatoms. The Morgan fingerprint density at radius 2 is 1.19 bits per heavy atom. The van der Waals surface area contributed by atoms with E-state index in [1.165, 1.54) is 36.4 Å². The van der Waals surface area contributed by atoms with E-state index in [0.717, 1.165) is 11.6 Å². The Morgan fingerprint density at radius 3 is 1.62 bits per heavy atom. The van der Waals surface area contributed by atoms with E-state index in [9.17, 15) is 14.4 Å². The molecule has 9 N–H and O–H groups in total. The number of nitrogens with two attached hydrogens (primary N) is 2. The first-order chi connectivity index (χ1) is 15.0. The van der Waals surface area contributed by atoms with Crippen molar-refractivity contribution in [1.29, 1.82) is 0 Å². The minimum absolute atomic E-state index is 0.0247. The SMILES string of the molecule is Nc1ccc(C(=O)O)cc1O.Nc1ccc(CC(=O)O)cc1.O=C(O)c1ccc(O)cc1. The molecule has 3 aromatic rings. The molecule has 0 aliphatic carbocycles. The fraction of sp³-hybridized carbons (Fsp3) is 0.0455. The number of aromatic carboxylic acids is 2. The van der Waals surface area contributed by atoms with Crippen molar-refractivity contribution in [2.75, 3.05) is 11.5 Å². The zero-order valence-corrected chi connectivity index (χ0v) is 16.7. The molecule has 0 saturated carbocycles. The maximum atomic E-state index is 10.3. The summed E-state index contributed by atoms with van der Waals surface area (Å²) in [4.78, 5) is 30.8. The second kappa shape index (κ2) is 12.1. The number of carbonyl (C=O) groups is 3. The molecule has 0 atom stereocenters. The number of carboxylic acid groups (broad SMARTS) is 3. The first-order valence-corrected chi connectivity index (χ1v) is 8.90. The Bertz CT molecular complexity index is 1060. The quantitative estimate of drug-likeness (QED) is 0.232. The third-order valence-electron chi connectivity index (χ3n) is 3.73. The molecule has 3 aromatic carbocycles. The predicted octanol–water partition coefficient (Wildman–Crippen LogP) is 2.66. The number of aromatic hydroxyl groups is 2. The third-order valence-corrected chi connectivity index (χ3v) is 3.73. The molecule has 3 rings (SSSR count). The van der Waals surface area contributed by atoms with E-state index < -0.39 is 17.9 Å². The van der Waals surface area contributed by atoms with Crippen molar-refractivity contribution < 1.29 is 39.9 Å². The van der Waals surface area contributed by atoms with E-state index >= 15 is 0 Å². The van der Waals surface area contributed by atoms with Gasteiger partial charge in [-0.05, 0) is 60.2 Å². The van der Waals surface area contributed by atoms with E-state index in [4.69, 9.17) is 37.0 Å². The Balaban J connectivity index is 0.000000240. The Hall–Kier alpha value is -4.73. The minimum atomic E-state index is -1.08. The molecule has 0 aliphatic heterocycles. The molecule has 0 saturated heterocycles. The summed E-state index contributed by atoms with van der Waals surface area (Å²) in [5.74, 6) is -3.02. The van der Waals surface area contributed by atoms with Crippen LogP contribution in [0.2, 0.25) is 0 Å². The minimum Gasteiger partial charge on any atom is -0.508 e. The van der Waals surface area contributed by atoms with Gasteiger partial charge in [0.1, 0.15) is 11.5 Å². The molecule has 0 unspecified atom stereocenters. The highest BCUT2D eigenvalue weighted by atomic mass is 16.4. The van der Waals surface area contributed by atoms with E-state index in [1.807, 2.05) is 0 Å². The molecule has 10 nitrogen and oxygen atoms in total. The van der Waals surface area contributed by atoms with Crippen LogP contribution in [0, 0.1) is 0 Å². The van der Waals surface area contributed by atoms with Crippen molar-refractivity contribution in [3.63, 3.8) is 0 Å². The molecular formula is C22H22N2O8. The van der Waals surface area contributed by atoms with Crippen LogP contribution in [-0.4, -0.2) is 43.4 Å². The van der Waals surface area contributed by atoms with Gasteiger partial charge in [0, 0.05) is 5.69 Å². The second-order valence-corrected chi connectivity index (χ2v) is 6.24. The average Bonchev–Trinajstić information content (AvgIpc) is 2.72. The summed E-state index contributed by atoms with van der Waals surface area (Å²) < 4.78 is 0. The lowest BCUT2D eigenvalue weighted by atomic mass is 10.1. The van der Waals surface area contributed by atoms with Gasteiger partial charge in [0.05, 0.1) is 23.2 Å². The van der Waals surface area contributed by atoms with Gasteiger partial charge in [0.25, 0.3) is 0 Å². The van der Waals surface area contributed by atoms with Crippen LogP contribution in [0.25, 0.3) is 0 Å². The van der Waals surface area contributed by atoms with Gasteiger partial charge in [-0.3, -0.25) is 4.79 Å². The highest BCUT2D eigenvalue weighted by Gasteiger charge is 2.04. The molecule has 0 fully saturated rings. The summed E-state index contributed by atoms with van der Waals surface area (Å²) in [7, 11) is 0. The summed E-state index contributed by atoms with van der Waals surface area (Å²) in [6, 6.07) is 16.0. The van der Waals surface area contributed by atoms with Crippen molar-refractivity contribution in [1.82, 2.24) is 0 Å². The average molecular weight is 442 g/mol. The van der Waals surface area contributed by atoms with Gasteiger partial charge in [0.2, 0.25) is 0 Å². The van der Waals surface area contributed by atoms with Crippen LogP contribution in [0.1, 0.15) is 26.3 Å². The van der Waals surface area contributed by atoms with Crippen molar-refractivity contribution >= 4 is 29.3 Å². The topological polar surface area (TPSA) is 204 Å². The van der Waals surface area contributed by atoms with Crippen molar-refractivity contribution in [3.05, 3.63) is 83.4 Å². The van der Waals surface area contributed by atoms with E-state index in [-0.39, 0.29) is 34.7 Å². The largest absolute Gasteiger partial charge is 0.508 e.